The number of hydrogen-bond donors (Lipinski definition) is 1. The molecule has 3 aromatic carbocycles. The Labute approximate surface area is 243 Å². The third-order valence-electron chi connectivity index (χ3n) is 7.31. The summed E-state index contributed by atoms with van der Waals surface area (Å²) in [6.45, 7) is 5.28. The van der Waals surface area contributed by atoms with Crippen molar-refractivity contribution in [2.45, 2.75) is 6.92 Å². The van der Waals surface area contributed by atoms with E-state index in [1.807, 2.05) is 24.3 Å². The van der Waals surface area contributed by atoms with Crippen molar-refractivity contribution in [1.82, 2.24) is 9.47 Å². The van der Waals surface area contributed by atoms with Gasteiger partial charge in [0, 0.05) is 74.1 Å². The number of aryl methyl sites for hydroxylation is 1. The fraction of sp³-hybridized carbons (Fsp3) is 0.258. The highest BCUT2D eigenvalue weighted by atomic mass is 32.2. The molecule has 0 saturated carbocycles. The lowest BCUT2D eigenvalue weighted by Gasteiger charge is -2.34. The van der Waals surface area contributed by atoms with E-state index < -0.39 is 21.7 Å². The predicted molar refractivity (Wildman–Crippen MR) is 162 cm³/mol. The first-order valence-corrected chi connectivity index (χ1v) is 15.2. The Morgan fingerprint density at radius 2 is 1.52 bits per heavy atom. The van der Waals surface area contributed by atoms with E-state index >= 15 is 0 Å². The van der Waals surface area contributed by atoms with E-state index in [2.05, 4.69) is 21.6 Å². The average molecular weight is 595 g/mol. The van der Waals surface area contributed by atoms with Gasteiger partial charge in [0.15, 0.2) is 11.6 Å². The lowest BCUT2D eigenvalue weighted by molar-refractivity contribution is 0.313. The van der Waals surface area contributed by atoms with Gasteiger partial charge in [-0.3, -0.25) is 9.52 Å². The molecule has 4 aromatic rings. The van der Waals surface area contributed by atoms with Gasteiger partial charge in [-0.1, -0.05) is 12.1 Å². The Hall–Kier alpha value is -4.22. The maximum Gasteiger partial charge on any atom is 0.250 e. The van der Waals surface area contributed by atoms with Gasteiger partial charge >= 0.3 is 0 Å². The van der Waals surface area contributed by atoms with Crippen LogP contribution in [0.2, 0.25) is 0 Å². The van der Waals surface area contributed by atoms with Gasteiger partial charge in [-0.05, 0) is 67.6 Å². The summed E-state index contributed by atoms with van der Waals surface area (Å²) in [6.07, 6.45) is 1.63. The van der Waals surface area contributed by atoms with Gasteiger partial charge in [0.2, 0.25) is 10.0 Å². The second kappa shape index (κ2) is 11.9. The molecule has 8 nitrogen and oxygen atoms in total. The Morgan fingerprint density at radius 3 is 2.19 bits per heavy atom. The Bertz CT molecular complexity index is 1770. The second-order valence-corrected chi connectivity index (χ2v) is 12.3. The predicted octanol–water partition coefficient (Wildman–Crippen LogP) is 5.30. The van der Waals surface area contributed by atoms with Crippen LogP contribution in [0.5, 0.6) is 11.5 Å². The molecule has 0 radical (unpaired) electrons. The number of halogens is 2. The fourth-order valence-electron chi connectivity index (χ4n) is 4.82. The molecule has 1 aromatic heterocycles. The van der Waals surface area contributed by atoms with E-state index in [-0.39, 0.29) is 28.5 Å². The van der Waals surface area contributed by atoms with Crippen LogP contribution in [-0.4, -0.2) is 56.9 Å². The quantitative estimate of drug-likeness (QED) is 0.298. The second-order valence-electron chi connectivity index (χ2n) is 10.3. The number of anilines is 2. The van der Waals surface area contributed by atoms with Crippen LogP contribution in [-0.2, 0) is 17.1 Å². The number of nitrogens with one attached hydrogen (secondary N) is 1. The molecule has 0 spiro atoms. The highest BCUT2D eigenvalue weighted by Crippen LogP contribution is 2.41. The van der Waals surface area contributed by atoms with Crippen molar-refractivity contribution >= 4 is 21.4 Å². The topological polar surface area (TPSA) is 83.9 Å². The Morgan fingerprint density at radius 1 is 0.833 bits per heavy atom. The summed E-state index contributed by atoms with van der Waals surface area (Å²) in [5, 5.41) is 0. The van der Waals surface area contributed by atoms with E-state index in [0.717, 1.165) is 49.6 Å². The van der Waals surface area contributed by atoms with Gasteiger partial charge in [0.05, 0.1) is 5.75 Å². The summed E-state index contributed by atoms with van der Waals surface area (Å²) in [7, 11) is 0.101. The molecule has 1 N–H and O–H groups in total. The van der Waals surface area contributed by atoms with Crippen LogP contribution in [0.3, 0.4) is 0 Å². The molecule has 5 rings (SSSR count). The van der Waals surface area contributed by atoms with Gasteiger partial charge in [0.25, 0.3) is 5.56 Å². The summed E-state index contributed by atoms with van der Waals surface area (Å²) in [5.41, 5.74) is 3.41. The van der Waals surface area contributed by atoms with Gasteiger partial charge in [0.1, 0.15) is 11.6 Å². The molecule has 1 aliphatic heterocycles. The number of nitrogens with zero attached hydrogens (tertiary/aromatic N) is 3. The first-order chi connectivity index (χ1) is 20.0. The minimum absolute atomic E-state index is 0.133. The highest BCUT2D eigenvalue weighted by Gasteiger charge is 2.20. The van der Waals surface area contributed by atoms with Crippen LogP contribution in [0.15, 0.2) is 77.7 Å². The Balaban J connectivity index is 1.62. The van der Waals surface area contributed by atoms with Gasteiger partial charge < -0.3 is 19.1 Å². The zero-order valence-electron chi connectivity index (χ0n) is 23.6. The van der Waals surface area contributed by atoms with Crippen molar-refractivity contribution in [2.24, 2.45) is 7.05 Å². The van der Waals surface area contributed by atoms with Crippen LogP contribution in [0.1, 0.15) is 6.92 Å². The summed E-state index contributed by atoms with van der Waals surface area (Å²) < 4.78 is 62.7. The summed E-state index contributed by atoms with van der Waals surface area (Å²) in [4.78, 5) is 17.4. The average Bonchev–Trinajstić information content (AvgIpc) is 2.97. The van der Waals surface area contributed by atoms with E-state index in [9.17, 15) is 22.0 Å². The van der Waals surface area contributed by atoms with E-state index in [0.29, 0.717) is 16.7 Å². The third kappa shape index (κ3) is 6.47. The number of aromatic nitrogens is 1. The molecule has 1 fully saturated rings. The van der Waals surface area contributed by atoms with Crippen LogP contribution in [0.25, 0.3) is 22.3 Å². The van der Waals surface area contributed by atoms with Gasteiger partial charge in [-0.25, -0.2) is 17.2 Å². The molecule has 0 atom stereocenters. The van der Waals surface area contributed by atoms with Crippen LogP contribution in [0, 0.1) is 11.6 Å². The van der Waals surface area contributed by atoms with Crippen molar-refractivity contribution in [3.05, 3.63) is 94.9 Å². The monoisotopic (exact) mass is 594 g/mol. The molecule has 0 unspecified atom stereocenters. The molecule has 1 saturated heterocycles. The van der Waals surface area contributed by atoms with Gasteiger partial charge in [-0.15, -0.1) is 0 Å². The molecule has 1 aliphatic rings. The van der Waals surface area contributed by atoms with Crippen molar-refractivity contribution < 1.29 is 21.9 Å². The SMILES string of the molecule is CCS(=O)(=O)Nc1ccc(Oc2ccc(F)cc2F)c(-c2cn(C)c(=O)cc2-c2ccc(N3CCN(C)CC3)cc2)c1. The normalized spacial score (nSPS) is 14.2. The number of hydrogen-bond acceptors (Lipinski definition) is 6. The summed E-state index contributed by atoms with van der Waals surface area (Å²) in [6, 6.07) is 17.0. The number of rotatable bonds is 8. The minimum atomic E-state index is -3.61. The van der Waals surface area contributed by atoms with Crippen LogP contribution < -0.4 is 19.9 Å². The molecule has 0 bridgehead atoms. The lowest BCUT2D eigenvalue weighted by atomic mass is 9.95. The van der Waals surface area contributed by atoms with E-state index in [4.69, 9.17) is 4.74 Å². The third-order valence-corrected chi connectivity index (χ3v) is 8.62. The summed E-state index contributed by atoms with van der Waals surface area (Å²) >= 11 is 0. The van der Waals surface area contributed by atoms with Crippen molar-refractivity contribution in [3.8, 4) is 33.8 Å². The number of sulfonamides is 1. The molecular formula is C31H32F2N4O4S. The van der Waals surface area contributed by atoms with Crippen LogP contribution in [0.4, 0.5) is 20.2 Å². The number of likely N-dealkylation sites (N-methyl/N-ethyl adjacent to an activating group) is 1. The molecule has 2 heterocycles. The number of pyridine rings is 1. The smallest absolute Gasteiger partial charge is 0.250 e. The van der Waals surface area contributed by atoms with E-state index in [1.165, 1.54) is 35.8 Å². The lowest BCUT2D eigenvalue weighted by Crippen LogP contribution is -2.44. The van der Waals surface area contributed by atoms with Gasteiger partial charge in [-0.2, -0.15) is 0 Å². The molecule has 42 heavy (non-hydrogen) atoms. The van der Waals surface area contributed by atoms with E-state index in [1.54, 1.807) is 19.3 Å². The fourth-order valence-corrected chi connectivity index (χ4v) is 5.45. The van der Waals surface area contributed by atoms with Crippen molar-refractivity contribution in [2.75, 3.05) is 48.6 Å². The maximum absolute atomic E-state index is 14.6. The molecule has 11 heteroatoms. The molecular weight excluding hydrogens is 562 g/mol. The number of piperazine rings is 1. The van der Waals surface area contributed by atoms with Crippen LogP contribution >= 0.6 is 0 Å². The maximum atomic E-state index is 14.6. The van der Waals surface area contributed by atoms with Crippen molar-refractivity contribution in [3.63, 3.8) is 0 Å². The minimum Gasteiger partial charge on any atom is -0.454 e. The number of benzene rings is 3. The zero-order chi connectivity index (χ0) is 30.0. The van der Waals surface area contributed by atoms with Crippen molar-refractivity contribution in [1.29, 1.82) is 0 Å². The molecule has 0 aliphatic carbocycles. The first-order valence-electron chi connectivity index (χ1n) is 13.6. The molecule has 220 valence electrons. The Kier molecular flexibility index (Phi) is 8.33. The molecule has 0 amide bonds. The summed E-state index contributed by atoms with van der Waals surface area (Å²) in [5.74, 6) is -1.79. The first kappa shape index (κ1) is 29.3. The number of ether oxygens (including phenoxy) is 1. The largest absolute Gasteiger partial charge is 0.454 e. The standard InChI is InChI=1S/C31H32F2N4O4S/c1-4-42(39,40)34-23-8-12-29(41-30-11-7-22(32)17-28(30)33)26(18-23)27-20-36(3)31(38)19-25(27)21-5-9-24(10-6-21)37-15-13-35(2)14-16-37/h5-12,17-20,34H,4,13-16H2,1-3H3. The zero-order valence-corrected chi connectivity index (χ0v) is 24.4. The highest BCUT2D eigenvalue weighted by molar-refractivity contribution is 7.92.